The third kappa shape index (κ3) is 4.91. The van der Waals surface area contributed by atoms with E-state index in [1.54, 1.807) is 12.5 Å². The van der Waals surface area contributed by atoms with Gasteiger partial charge in [0.05, 0.1) is 20.0 Å². The molecular formula is C21H25N7O2. The Labute approximate surface area is 175 Å². The van der Waals surface area contributed by atoms with Crippen LogP contribution in [-0.4, -0.2) is 50.6 Å². The number of hydrogen-bond acceptors (Lipinski definition) is 7. The van der Waals surface area contributed by atoms with Crippen LogP contribution in [0, 0.1) is 0 Å². The van der Waals surface area contributed by atoms with Crippen LogP contribution in [0.4, 0.5) is 5.95 Å². The van der Waals surface area contributed by atoms with Gasteiger partial charge >= 0.3 is 6.01 Å². The third-order valence-corrected chi connectivity index (χ3v) is 5.02. The minimum absolute atomic E-state index is 0.178. The van der Waals surface area contributed by atoms with Crippen LogP contribution in [0.5, 0.6) is 6.01 Å². The Hall–Kier alpha value is -3.49. The Kier molecular flexibility index (Phi) is 6.17. The van der Waals surface area contributed by atoms with Gasteiger partial charge in [0.1, 0.15) is 0 Å². The summed E-state index contributed by atoms with van der Waals surface area (Å²) in [5, 5.41) is 2.88. The first-order valence-electron chi connectivity index (χ1n) is 10.1. The number of anilines is 1. The SMILES string of the molecule is COc1nc(CNC(=O)c2ccc(Cn3ccnc3)cc2)nc(N2CCCCC2)n1. The van der Waals surface area contributed by atoms with Crippen molar-refractivity contribution in [1.82, 2.24) is 29.8 Å². The quantitative estimate of drug-likeness (QED) is 0.640. The number of aromatic nitrogens is 5. The van der Waals surface area contributed by atoms with Crippen LogP contribution in [0.3, 0.4) is 0 Å². The number of rotatable bonds is 7. The standard InChI is InChI=1S/C21H25N7O2/c1-30-21-25-18(24-20(26-21)28-10-3-2-4-11-28)13-23-19(29)17-7-5-16(6-8-17)14-27-12-9-22-15-27/h5-9,12,15H,2-4,10-11,13-14H2,1H3,(H,23,29). The summed E-state index contributed by atoms with van der Waals surface area (Å²) in [7, 11) is 1.53. The predicted octanol–water partition coefficient (Wildman–Crippen LogP) is 2.05. The van der Waals surface area contributed by atoms with Crippen LogP contribution in [0.1, 0.15) is 41.0 Å². The van der Waals surface area contributed by atoms with Crippen molar-refractivity contribution in [1.29, 1.82) is 0 Å². The van der Waals surface area contributed by atoms with Crippen LogP contribution >= 0.6 is 0 Å². The van der Waals surface area contributed by atoms with E-state index < -0.39 is 0 Å². The number of ether oxygens (including phenoxy) is 1. The van der Waals surface area contributed by atoms with Crippen LogP contribution in [0.15, 0.2) is 43.0 Å². The van der Waals surface area contributed by atoms with Gasteiger partial charge in [0.2, 0.25) is 5.95 Å². The zero-order valence-corrected chi connectivity index (χ0v) is 17.0. The van der Waals surface area contributed by atoms with Gasteiger partial charge in [-0.1, -0.05) is 12.1 Å². The largest absolute Gasteiger partial charge is 0.467 e. The minimum Gasteiger partial charge on any atom is -0.467 e. The molecule has 1 amide bonds. The number of carbonyl (C=O) groups is 1. The normalized spacial score (nSPS) is 13.8. The van der Waals surface area contributed by atoms with Crippen molar-refractivity contribution in [3.63, 3.8) is 0 Å². The summed E-state index contributed by atoms with van der Waals surface area (Å²) in [6.07, 6.45) is 8.88. The van der Waals surface area contributed by atoms with Gasteiger partial charge in [-0.2, -0.15) is 15.0 Å². The van der Waals surface area contributed by atoms with Gasteiger partial charge in [-0.3, -0.25) is 4.79 Å². The summed E-state index contributed by atoms with van der Waals surface area (Å²) in [5.74, 6) is 0.908. The Morgan fingerprint density at radius 1 is 1.10 bits per heavy atom. The number of piperidine rings is 1. The third-order valence-electron chi connectivity index (χ3n) is 5.02. The van der Waals surface area contributed by atoms with Gasteiger partial charge in [0, 0.05) is 37.6 Å². The number of nitrogens with zero attached hydrogens (tertiary/aromatic N) is 6. The van der Waals surface area contributed by atoms with E-state index >= 15 is 0 Å². The van der Waals surface area contributed by atoms with E-state index in [4.69, 9.17) is 4.74 Å². The zero-order chi connectivity index (χ0) is 20.8. The first-order chi connectivity index (χ1) is 14.7. The molecule has 0 saturated carbocycles. The number of benzene rings is 1. The summed E-state index contributed by atoms with van der Waals surface area (Å²) in [5.41, 5.74) is 1.68. The molecule has 0 bridgehead atoms. The van der Waals surface area contributed by atoms with E-state index in [1.165, 1.54) is 13.5 Å². The lowest BCUT2D eigenvalue weighted by Crippen LogP contribution is -2.32. The highest BCUT2D eigenvalue weighted by Gasteiger charge is 2.17. The molecule has 3 aromatic rings. The lowest BCUT2D eigenvalue weighted by atomic mass is 10.1. The van der Waals surface area contributed by atoms with Crippen molar-refractivity contribution in [3.05, 3.63) is 59.9 Å². The fraction of sp³-hybridized carbons (Fsp3) is 0.381. The maximum absolute atomic E-state index is 12.5. The highest BCUT2D eigenvalue weighted by molar-refractivity contribution is 5.94. The summed E-state index contributed by atoms with van der Waals surface area (Å²) in [4.78, 5) is 31.9. The predicted molar refractivity (Wildman–Crippen MR) is 111 cm³/mol. The van der Waals surface area contributed by atoms with Crippen molar-refractivity contribution >= 4 is 11.9 Å². The summed E-state index contributed by atoms with van der Waals surface area (Å²) in [6.45, 7) is 2.76. The molecule has 1 N–H and O–H groups in total. The van der Waals surface area contributed by atoms with Gasteiger partial charge in [0.25, 0.3) is 5.91 Å². The Morgan fingerprint density at radius 3 is 2.60 bits per heavy atom. The summed E-state index contributed by atoms with van der Waals surface area (Å²) < 4.78 is 7.20. The van der Waals surface area contributed by atoms with Gasteiger partial charge in [0.15, 0.2) is 5.82 Å². The van der Waals surface area contributed by atoms with Crippen LogP contribution in [0.2, 0.25) is 0 Å². The molecule has 2 aromatic heterocycles. The molecule has 9 heteroatoms. The van der Waals surface area contributed by atoms with Crippen molar-refractivity contribution in [3.8, 4) is 6.01 Å². The maximum Gasteiger partial charge on any atom is 0.321 e. The summed E-state index contributed by atoms with van der Waals surface area (Å²) in [6, 6.07) is 7.77. The van der Waals surface area contributed by atoms with E-state index in [-0.39, 0.29) is 18.5 Å². The number of amides is 1. The Morgan fingerprint density at radius 2 is 1.90 bits per heavy atom. The van der Waals surface area contributed by atoms with Crippen LogP contribution in [-0.2, 0) is 13.1 Å². The van der Waals surface area contributed by atoms with Gasteiger partial charge in [-0.05, 0) is 37.0 Å². The fourth-order valence-electron chi connectivity index (χ4n) is 3.41. The molecule has 30 heavy (non-hydrogen) atoms. The lowest BCUT2D eigenvalue weighted by Gasteiger charge is -2.26. The number of imidazole rings is 1. The smallest absolute Gasteiger partial charge is 0.321 e. The molecule has 0 spiro atoms. The van der Waals surface area contributed by atoms with E-state index in [0.29, 0.717) is 23.9 Å². The molecule has 0 aliphatic carbocycles. The first-order valence-corrected chi connectivity index (χ1v) is 10.1. The molecule has 4 rings (SSSR count). The van der Waals surface area contributed by atoms with E-state index in [0.717, 1.165) is 31.5 Å². The maximum atomic E-state index is 12.5. The van der Waals surface area contributed by atoms with E-state index in [1.807, 2.05) is 35.0 Å². The molecule has 0 atom stereocenters. The highest BCUT2D eigenvalue weighted by Crippen LogP contribution is 2.17. The van der Waals surface area contributed by atoms with Crippen molar-refractivity contribution < 1.29 is 9.53 Å². The number of carbonyl (C=O) groups excluding carboxylic acids is 1. The highest BCUT2D eigenvalue weighted by atomic mass is 16.5. The van der Waals surface area contributed by atoms with E-state index in [9.17, 15) is 4.79 Å². The molecular weight excluding hydrogens is 382 g/mol. The molecule has 1 aliphatic rings. The zero-order valence-electron chi connectivity index (χ0n) is 17.0. The molecule has 1 saturated heterocycles. The monoisotopic (exact) mass is 407 g/mol. The van der Waals surface area contributed by atoms with Gasteiger partial charge < -0.3 is 19.5 Å². The Bertz CT molecular complexity index is 968. The molecule has 0 unspecified atom stereocenters. The molecule has 0 radical (unpaired) electrons. The fourth-order valence-corrected chi connectivity index (χ4v) is 3.41. The summed E-state index contributed by atoms with van der Waals surface area (Å²) >= 11 is 0. The second kappa shape index (κ2) is 9.34. The number of methoxy groups -OCH3 is 1. The first kappa shape index (κ1) is 19.8. The van der Waals surface area contributed by atoms with E-state index in [2.05, 4.69) is 30.2 Å². The van der Waals surface area contributed by atoms with Crippen LogP contribution in [0.25, 0.3) is 0 Å². The second-order valence-corrected chi connectivity index (χ2v) is 7.20. The molecule has 9 nitrogen and oxygen atoms in total. The number of hydrogen-bond donors (Lipinski definition) is 1. The average Bonchev–Trinajstić information content (AvgIpc) is 3.31. The molecule has 1 fully saturated rings. The molecule has 3 heterocycles. The van der Waals surface area contributed by atoms with Crippen molar-refractivity contribution in [2.75, 3.05) is 25.1 Å². The molecule has 156 valence electrons. The van der Waals surface area contributed by atoms with Crippen molar-refractivity contribution in [2.45, 2.75) is 32.4 Å². The minimum atomic E-state index is -0.178. The van der Waals surface area contributed by atoms with Gasteiger partial charge in [-0.25, -0.2) is 4.98 Å². The lowest BCUT2D eigenvalue weighted by molar-refractivity contribution is 0.0949. The second-order valence-electron chi connectivity index (χ2n) is 7.20. The molecule has 1 aromatic carbocycles. The Balaban J connectivity index is 1.39. The van der Waals surface area contributed by atoms with Gasteiger partial charge in [-0.15, -0.1) is 0 Å². The molecule has 1 aliphatic heterocycles. The average molecular weight is 407 g/mol. The number of nitrogens with one attached hydrogen (secondary N) is 1. The van der Waals surface area contributed by atoms with Crippen LogP contribution < -0.4 is 15.0 Å². The topological polar surface area (TPSA) is 98.1 Å². The van der Waals surface area contributed by atoms with Crippen molar-refractivity contribution in [2.24, 2.45) is 0 Å².